The van der Waals surface area contributed by atoms with Crippen LogP contribution in [0.3, 0.4) is 0 Å². The molecule has 3 aromatic rings. The molecule has 0 atom stereocenters. The average Bonchev–Trinajstić information content (AvgIpc) is 2.74. The molecule has 8 heteroatoms. The van der Waals surface area contributed by atoms with Crippen LogP contribution in [0.5, 0.6) is 11.5 Å². The van der Waals surface area contributed by atoms with Gasteiger partial charge in [0.25, 0.3) is 5.69 Å². The highest BCUT2D eigenvalue weighted by molar-refractivity contribution is 5.93. The van der Waals surface area contributed by atoms with Gasteiger partial charge >= 0.3 is 5.97 Å². The minimum absolute atomic E-state index is 0.0356. The topological polar surface area (TPSA) is 103 Å². The molecule has 0 unspecified atom stereocenters. The van der Waals surface area contributed by atoms with Crippen LogP contribution in [-0.4, -0.2) is 24.2 Å². The number of nitro groups is 1. The monoisotopic (exact) mass is 391 g/mol. The molecule has 0 aliphatic rings. The molecule has 8 nitrogen and oxygen atoms in total. The Kier molecular flexibility index (Phi) is 6.16. The number of carbonyl (C=O) groups is 1. The van der Waals surface area contributed by atoms with Crippen LogP contribution >= 0.6 is 0 Å². The number of methoxy groups -OCH3 is 1. The summed E-state index contributed by atoms with van der Waals surface area (Å²) in [5, 5.41) is 15.1. The van der Waals surface area contributed by atoms with Crippen molar-refractivity contribution in [2.75, 3.05) is 12.5 Å². The smallest absolute Gasteiger partial charge is 0.341 e. The minimum atomic E-state index is -0.728. The van der Waals surface area contributed by atoms with Gasteiger partial charge in [0.2, 0.25) is 0 Å². The maximum absolute atomic E-state index is 12.0. The van der Waals surface area contributed by atoms with Crippen LogP contribution in [0.15, 0.2) is 77.9 Å². The lowest BCUT2D eigenvalue weighted by molar-refractivity contribution is -0.384. The summed E-state index contributed by atoms with van der Waals surface area (Å²) in [5.41, 5.74) is 4.26. The molecule has 0 bridgehead atoms. The number of esters is 1. The fourth-order valence-corrected chi connectivity index (χ4v) is 2.47. The van der Waals surface area contributed by atoms with Gasteiger partial charge in [0.15, 0.2) is 0 Å². The molecule has 0 saturated heterocycles. The molecule has 0 amide bonds. The van der Waals surface area contributed by atoms with Gasteiger partial charge in [-0.2, -0.15) is 5.10 Å². The van der Waals surface area contributed by atoms with Crippen LogP contribution in [0.2, 0.25) is 0 Å². The maximum atomic E-state index is 12.0. The first-order valence-electron chi connectivity index (χ1n) is 8.55. The van der Waals surface area contributed by atoms with Crippen molar-refractivity contribution in [2.24, 2.45) is 5.10 Å². The summed E-state index contributed by atoms with van der Waals surface area (Å²) in [6.07, 6.45) is 1.62. The summed E-state index contributed by atoms with van der Waals surface area (Å²) in [5.74, 6) is -0.139. The average molecular weight is 391 g/mol. The Balaban J connectivity index is 1.79. The summed E-state index contributed by atoms with van der Waals surface area (Å²) in [6, 6.07) is 20.3. The summed E-state index contributed by atoms with van der Waals surface area (Å²) >= 11 is 0. The lowest BCUT2D eigenvalue weighted by Gasteiger charge is -2.10. The van der Waals surface area contributed by atoms with Gasteiger partial charge in [0.1, 0.15) is 17.1 Å². The summed E-state index contributed by atoms with van der Waals surface area (Å²) < 4.78 is 10.5. The number of nitrogens with one attached hydrogen (secondary N) is 1. The van der Waals surface area contributed by atoms with Crippen LogP contribution in [0.1, 0.15) is 15.9 Å². The highest BCUT2D eigenvalue weighted by atomic mass is 16.6. The number of hydrogen-bond acceptors (Lipinski definition) is 7. The predicted octanol–water partition coefficient (Wildman–Crippen LogP) is 4.62. The van der Waals surface area contributed by atoms with Crippen molar-refractivity contribution in [2.45, 2.75) is 0 Å². The molecule has 0 aliphatic heterocycles. The van der Waals surface area contributed by atoms with Crippen LogP contribution in [0.4, 0.5) is 11.4 Å². The van der Waals surface area contributed by atoms with Crippen LogP contribution in [-0.2, 0) is 4.74 Å². The second-order valence-electron chi connectivity index (χ2n) is 5.84. The van der Waals surface area contributed by atoms with E-state index in [-0.39, 0.29) is 17.0 Å². The van der Waals surface area contributed by atoms with Crippen molar-refractivity contribution >= 4 is 23.6 Å². The number of hydrogen-bond donors (Lipinski definition) is 1. The summed E-state index contributed by atoms with van der Waals surface area (Å²) in [6.45, 7) is 0. The normalized spacial score (nSPS) is 10.5. The number of hydrazone groups is 1. The number of para-hydroxylation sites is 1. The lowest BCUT2D eigenvalue weighted by Crippen LogP contribution is -2.05. The summed E-state index contributed by atoms with van der Waals surface area (Å²) in [4.78, 5) is 22.4. The van der Waals surface area contributed by atoms with Crippen LogP contribution in [0, 0.1) is 10.1 Å². The van der Waals surface area contributed by atoms with E-state index in [9.17, 15) is 14.9 Å². The van der Waals surface area contributed by atoms with Gasteiger partial charge in [-0.1, -0.05) is 30.3 Å². The standard InChI is InChI=1S/C21H17N3O5/c1-28-21(25)19-13-17(24(26)27)10-11-20(19)29-18-9-5-6-15(12-18)14-22-23-16-7-3-2-4-8-16/h2-14,23H,1H3. The summed E-state index contributed by atoms with van der Waals surface area (Å²) in [7, 11) is 1.20. The Bertz CT molecular complexity index is 1050. The quantitative estimate of drug-likeness (QED) is 0.273. The first-order chi connectivity index (χ1) is 14.1. The maximum Gasteiger partial charge on any atom is 0.341 e. The molecule has 0 aromatic heterocycles. The molecule has 3 rings (SSSR count). The van der Waals surface area contributed by atoms with Gasteiger partial charge in [-0.15, -0.1) is 0 Å². The number of non-ortho nitro benzene ring substituents is 1. The highest BCUT2D eigenvalue weighted by Crippen LogP contribution is 2.29. The van der Waals surface area contributed by atoms with Gasteiger partial charge in [0.05, 0.1) is 23.9 Å². The Morgan fingerprint density at radius 3 is 2.59 bits per heavy atom. The largest absolute Gasteiger partial charge is 0.465 e. The van der Waals surface area contributed by atoms with E-state index in [1.165, 1.54) is 19.2 Å². The fraction of sp³-hybridized carbons (Fsp3) is 0.0476. The highest BCUT2D eigenvalue weighted by Gasteiger charge is 2.19. The van der Waals surface area contributed by atoms with E-state index >= 15 is 0 Å². The zero-order chi connectivity index (χ0) is 20.6. The molecular weight excluding hydrogens is 374 g/mol. The molecule has 0 heterocycles. The van der Waals surface area contributed by atoms with Gasteiger partial charge < -0.3 is 9.47 Å². The van der Waals surface area contributed by atoms with Gasteiger partial charge in [-0.05, 0) is 35.9 Å². The second-order valence-corrected chi connectivity index (χ2v) is 5.84. The van der Waals surface area contributed by atoms with Crippen molar-refractivity contribution in [1.82, 2.24) is 0 Å². The number of ether oxygens (including phenoxy) is 2. The van der Waals surface area contributed by atoms with Crippen molar-refractivity contribution in [3.05, 3.63) is 94.0 Å². The van der Waals surface area contributed by atoms with Crippen LogP contribution < -0.4 is 10.2 Å². The molecule has 0 fully saturated rings. The number of carbonyl (C=O) groups excluding carboxylic acids is 1. The van der Waals surface area contributed by atoms with Crippen molar-refractivity contribution < 1.29 is 19.2 Å². The number of rotatable bonds is 7. The number of nitrogens with zero attached hydrogens (tertiary/aromatic N) is 2. The van der Waals surface area contributed by atoms with E-state index < -0.39 is 10.9 Å². The molecule has 0 aliphatic carbocycles. The molecule has 146 valence electrons. The Labute approximate surface area is 166 Å². The van der Waals surface area contributed by atoms with E-state index in [0.29, 0.717) is 5.75 Å². The van der Waals surface area contributed by atoms with Crippen LogP contribution in [0.25, 0.3) is 0 Å². The molecule has 0 radical (unpaired) electrons. The Hall–Kier alpha value is -4.20. The Morgan fingerprint density at radius 1 is 1.07 bits per heavy atom. The molecule has 0 spiro atoms. The SMILES string of the molecule is COC(=O)c1cc([N+](=O)[O-])ccc1Oc1cccc(C=NNc2ccccc2)c1. The van der Waals surface area contributed by atoms with E-state index in [4.69, 9.17) is 9.47 Å². The molecule has 29 heavy (non-hydrogen) atoms. The van der Waals surface area contributed by atoms with Gasteiger partial charge in [0, 0.05) is 12.1 Å². The van der Waals surface area contributed by atoms with Gasteiger partial charge in [-0.25, -0.2) is 4.79 Å². The van der Waals surface area contributed by atoms with E-state index in [1.54, 1.807) is 24.4 Å². The van der Waals surface area contributed by atoms with Crippen molar-refractivity contribution in [1.29, 1.82) is 0 Å². The molecule has 1 N–H and O–H groups in total. The zero-order valence-corrected chi connectivity index (χ0v) is 15.4. The van der Waals surface area contributed by atoms with Gasteiger partial charge in [-0.3, -0.25) is 15.5 Å². The van der Waals surface area contributed by atoms with Crippen molar-refractivity contribution in [3.63, 3.8) is 0 Å². The van der Waals surface area contributed by atoms with E-state index in [1.807, 2.05) is 36.4 Å². The first-order valence-corrected chi connectivity index (χ1v) is 8.55. The first kappa shape index (κ1) is 19.6. The number of benzene rings is 3. The second kappa shape index (κ2) is 9.14. The lowest BCUT2D eigenvalue weighted by atomic mass is 10.1. The molecule has 0 saturated carbocycles. The van der Waals surface area contributed by atoms with Crippen molar-refractivity contribution in [3.8, 4) is 11.5 Å². The number of anilines is 1. The fourth-order valence-electron chi connectivity index (χ4n) is 2.47. The molecule has 3 aromatic carbocycles. The van der Waals surface area contributed by atoms with E-state index in [2.05, 4.69) is 10.5 Å². The third-order valence-corrected chi connectivity index (χ3v) is 3.85. The predicted molar refractivity (Wildman–Crippen MR) is 109 cm³/mol. The Morgan fingerprint density at radius 2 is 1.86 bits per heavy atom. The third kappa shape index (κ3) is 5.16. The third-order valence-electron chi connectivity index (χ3n) is 3.85. The molecular formula is C21H17N3O5. The van der Waals surface area contributed by atoms with E-state index in [0.717, 1.165) is 17.3 Å². The minimum Gasteiger partial charge on any atom is -0.465 e. The zero-order valence-electron chi connectivity index (χ0n) is 15.4. The number of nitro benzene ring substituents is 1.